The normalized spacial score (nSPS) is 26.4. The smallest absolute Gasteiger partial charge is 0.00227 e. The molecule has 0 aromatic heterocycles. The van der Waals surface area contributed by atoms with E-state index in [9.17, 15) is 0 Å². The molecule has 1 fully saturated rings. The molecule has 1 nitrogen and oxygen atoms in total. The summed E-state index contributed by atoms with van der Waals surface area (Å²) in [5, 5.41) is 3.27. The van der Waals surface area contributed by atoms with Crippen molar-refractivity contribution in [1.82, 2.24) is 5.32 Å². The highest BCUT2D eigenvalue weighted by molar-refractivity contribution is 4.65. The Labute approximate surface area is 51.8 Å². The average molecular weight is 113 g/mol. The van der Waals surface area contributed by atoms with Gasteiger partial charge in [0.1, 0.15) is 0 Å². The highest BCUT2D eigenvalue weighted by Gasteiger charge is 2.06. The number of nitrogens with one attached hydrogen (secondary N) is 1. The van der Waals surface area contributed by atoms with Gasteiger partial charge in [-0.2, -0.15) is 0 Å². The van der Waals surface area contributed by atoms with E-state index in [0.717, 1.165) is 5.92 Å². The molecule has 0 aromatic rings. The first-order valence-electron chi connectivity index (χ1n) is 3.10. The van der Waals surface area contributed by atoms with Gasteiger partial charge in [-0.05, 0) is 25.4 Å². The lowest BCUT2D eigenvalue weighted by molar-refractivity contribution is 0.651. The Balaban J connectivity index is 0.000000222. The van der Waals surface area contributed by atoms with Crippen LogP contribution in [0.1, 0.15) is 13.3 Å². The van der Waals surface area contributed by atoms with E-state index < -0.39 is 0 Å². The minimum absolute atomic E-state index is 0.935. The van der Waals surface area contributed by atoms with Gasteiger partial charge in [0, 0.05) is 0 Å². The minimum atomic E-state index is 0.935. The maximum Gasteiger partial charge on any atom is -0.00227 e. The Morgan fingerprint density at radius 2 is 2.12 bits per heavy atom. The fourth-order valence-corrected chi connectivity index (χ4v) is 0.799. The third-order valence-corrected chi connectivity index (χ3v) is 1.31. The van der Waals surface area contributed by atoms with Gasteiger partial charge in [0.05, 0.1) is 0 Å². The lowest BCUT2D eigenvalue weighted by Crippen LogP contribution is -2.06. The van der Waals surface area contributed by atoms with Crippen LogP contribution in [0.2, 0.25) is 0 Å². The van der Waals surface area contributed by atoms with Crippen molar-refractivity contribution in [2.24, 2.45) is 5.92 Å². The van der Waals surface area contributed by atoms with Crippen LogP contribution in [-0.4, -0.2) is 13.1 Å². The summed E-state index contributed by atoms with van der Waals surface area (Å²) in [7, 11) is 0. The van der Waals surface area contributed by atoms with E-state index in [1.165, 1.54) is 19.5 Å². The van der Waals surface area contributed by atoms with Crippen LogP contribution in [0.4, 0.5) is 0 Å². The third-order valence-electron chi connectivity index (χ3n) is 1.31. The zero-order valence-electron chi connectivity index (χ0n) is 5.61. The van der Waals surface area contributed by atoms with Crippen LogP contribution in [0, 0.1) is 5.92 Å². The Morgan fingerprint density at radius 1 is 1.50 bits per heavy atom. The van der Waals surface area contributed by atoms with Crippen LogP contribution in [0.15, 0.2) is 13.2 Å². The van der Waals surface area contributed by atoms with E-state index in [1.807, 2.05) is 0 Å². The molecule has 0 saturated carbocycles. The largest absolute Gasteiger partial charge is 0.316 e. The molecule has 1 heterocycles. The molecule has 1 N–H and O–H groups in total. The zero-order valence-corrected chi connectivity index (χ0v) is 5.61. The van der Waals surface area contributed by atoms with E-state index in [1.54, 1.807) is 0 Å². The van der Waals surface area contributed by atoms with Gasteiger partial charge in [-0.1, -0.05) is 6.92 Å². The molecular formula is C7H15N. The second kappa shape index (κ2) is 4.85. The molecule has 1 heteroatoms. The van der Waals surface area contributed by atoms with Crippen LogP contribution in [0.3, 0.4) is 0 Å². The quantitative estimate of drug-likeness (QED) is 0.468. The SMILES string of the molecule is C=C.C[C@H]1CCNC1. The second-order valence-corrected chi connectivity index (χ2v) is 2.10. The second-order valence-electron chi connectivity index (χ2n) is 2.10. The van der Waals surface area contributed by atoms with Crippen molar-refractivity contribution in [1.29, 1.82) is 0 Å². The molecule has 8 heavy (non-hydrogen) atoms. The Bertz CT molecular complexity index is 46.3. The molecule has 1 saturated heterocycles. The van der Waals surface area contributed by atoms with Crippen molar-refractivity contribution < 1.29 is 0 Å². The molecule has 0 amide bonds. The van der Waals surface area contributed by atoms with E-state index in [2.05, 4.69) is 25.4 Å². The fourth-order valence-electron chi connectivity index (χ4n) is 0.799. The molecule has 48 valence electrons. The zero-order chi connectivity index (χ0) is 6.41. The van der Waals surface area contributed by atoms with E-state index in [0.29, 0.717) is 0 Å². The van der Waals surface area contributed by atoms with Gasteiger partial charge >= 0.3 is 0 Å². The van der Waals surface area contributed by atoms with Crippen LogP contribution < -0.4 is 5.32 Å². The van der Waals surface area contributed by atoms with Crippen LogP contribution >= 0.6 is 0 Å². The van der Waals surface area contributed by atoms with Gasteiger partial charge in [-0.3, -0.25) is 0 Å². The van der Waals surface area contributed by atoms with Crippen molar-refractivity contribution in [3.8, 4) is 0 Å². The van der Waals surface area contributed by atoms with E-state index in [4.69, 9.17) is 0 Å². The van der Waals surface area contributed by atoms with Gasteiger partial charge in [-0.15, -0.1) is 13.2 Å². The van der Waals surface area contributed by atoms with Crippen molar-refractivity contribution in [2.45, 2.75) is 13.3 Å². The van der Waals surface area contributed by atoms with Crippen LogP contribution in [0.5, 0.6) is 0 Å². The Kier molecular flexibility index (Phi) is 4.67. The average Bonchev–Trinajstić information content (AvgIpc) is 2.24. The minimum Gasteiger partial charge on any atom is -0.316 e. The molecule has 0 unspecified atom stereocenters. The topological polar surface area (TPSA) is 12.0 Å². The highest BCUT2D eigenvalue weighted by Crippen LogP contribution is 2.03. The molecular weight excluding hydrogens is 98.1 g/mol. The summed E-state index contributed by atoms with van der Waals surface area (Å²) >= 11 is 0. The summed E-state index contributed by atoms with van der Waals surface area (Å²) in [6.07, 6.45) is 1.38. The lowest BCUT2D eigenvalue weighted by Gasteiger charge is -1.90. The molecule has 1 rings (SSSR count). The summed E-state index contributed by atoms with van der Waals surface area (Å²) in [6.45, 7) is 10.8. The summed E-state index contributed by atoms with van der Waals surface area (Å²) < 4.78 is 0. The van der Waals surface area contributed by atoms with Crippen molar-refractivity contribution in [3.63, 3.8) is 0 Å². The Hall–Kier alpha value is -0.300. The first-order chi connectivity index (χ1) is 3.89. The van der Waals surface area contributed by atoms with E-state index in [-0.39, 0.29) is 0 Å². The lowest BCUT2D eigenvalue weighted by atomic mass is 10.2. The molecule has 1 aliphatic rings. The molecule has 0 aliphatic carbocycles. The van der Waals surface area contributed by atoms with Gasteiger partial charge in [0.15, 0.2) is 0 Å². The molecule has 0 spiro atoms. The maximum atomic E-state index is 3.27. The van der Waals surface area contributed by atoms with Crippen molar-refractivity contribution in [3.05, 3.63) is 13.2 Å². The van der Waals surface area contributed by atoms with Crippen LogP contribution in [-0.2, 0) is 0 Å². The first kappa shape index (κ1) is 7.70. The van der Waals surface area contributed by atoms with Gasteiger partial charge in [0.2, 0.25) is 0 Å². The summed E-state index contributed by atoms with van der Waals surface area (Å²) in [6, 6.07) is 0. The molecule has 0 bridgehead atoms. The summed E-state index contributed by atoms with van der Waals surface area (Å²) in [5.41, 5.74) is 0. The molecule has 1 aliphatic heterocycles. The predicted molar refractivity (Wildman–Crippen MR) is 37.9 cm³/mol. The first-order valence-corrected chi connectivity index (χ1v) is 3.10. The van der Waals surface area contributed by atoms with Crippen molar-refractivity contribution >= 4 is 0 Å². The fraction of sp³-hybridized carbons (Fsp3) is 0.714. The maximum absolute atomic E-state index is 3.27. The van der Waals surface area contributed by atoms with Crippen LogP contribution in [0.25, 0.3) is 0 Å². The molecule has 0 aromatic carbocycles. The summed E-state index contributed by atoms with van der Waals surface area (Å²) in [5.74, 6) is 0.935. The number of hydrogen-bond donors (Lipinski definition) is 1. The monoisotopic (exact) mass is 113 g/mol. The highest BCUT2D eigenvalue weighted by atomic mass is 14.9. The third kappa shape index (κ3) is 2.80. The summed E-state index contributed by atoms with van der Waals surface area (Å²) in [4.78, 5) is 0. The Morgan fingerprint density at radius 3 is 2.25 bits per heavy atom. The number of rotatable bonds is 0. The van der Waals surface area contributed by atoms with Gasteiger partial charge < -0.3 is 5.32 Å². The number of hydrogen-bond acceptors (Lipinski definition) is 1. The van der Waals surface area contributed by atoms with Gasteiger partial charge in [-0.25, -0.2) is 0 Å². The standard InChI is InChI=1S/C5H11N.C2H4/c1-5-2-3-6-4-5;1-2/h5-6H,2-4H2,1H3;1-2H2/t5-;/m0./s1. The molecule has 0 radical (unpaired) electrons. The molecule has 1 atom stereocenters. The van der Waals surface area contributed by atoms with Gasteiger partial charge in [0.25, 0.3) is 0 Å². The van der Waals surface area contributed by atoms with E-state index >= 15 is 0 Å². The van der Waals surface area contributed by atoms with Crippen molar-refractivity contribution in [2.75, 3.05) is 13.1 Å². The predicted octanol–water partition coefficient (Wildman–Crippen LogP) is 1.42.